The number of unbranched alkanes of at least 4 members (excludes halogenated alkanes) is 1. The summed E-state index contributed by atoms with van der Waals surface area (Å²) >= 11 is 0. The topological polar surface area (TPSA) is 61.5 Å². The molecule has 0 aliphatic heterocycles. The smallest absolute Gasteiger partial charge is 0.307 e. The Hall–Kier alpha value is -2.37. The van der Waals surface area contributed by atoms with Gasteiger partial charge in [-0.1, -0.05) is 24.3 Å². The van der Waals surface area contributed by atoms with Gasteiger partial charge in [0.25, 0.3) is 0 Å². The van der Waals surface area contributed by atoms with Crippen LogP contribution in [-0.2, 0) is 9.53 Å². The van der Waals surface area contributed by atoms with Crippen LogP contribution in [-0.4, -0.2) is 19.7 Å². The van der Waals surface area contributed by atoms with E-state index in [4.69, 9.17) is 10.5 Å². The Morgan fingerprint density at radius 3 is 2.75 bits per heavy atom. The average Bonchev–Trinajstić information content (AvgIpc) is 2.64. The molecule has 4 nitrogen and oxygen atoms in total. The number of aryl methyl sites for hydroxylation is 1. The van der Waals surface area contributed by atoms with E-state index in [0.717, 1.165) is 35.1 Å². The summed E-state index contributed by atoms with van der Waals surface area (Å²) in [5.74, 6) is -0.208. The lowest BCUT2D eigenvalue weighted by Gasteiger charge is -2.17. The van der Waals surface area contributed by atoms with E-state index in [2.05, 4.69) is 11.3 Å². The quantitative estimate of drug-likeness (QED) is 0.355. The number of allylic oxidation sites excluding steroid dienone is 1. The third-order valence-corrected chi connectivity index (χ3v) is 4.29. The fourth-order valence-electron chi connectivity index (χ4n) is 2.91. The molecule has 0 saturated heterocycles. The lowest BCUT2D eigenvalue weighted by Crippen LogP contribution is -2.16. The van der Waals surface area contributed by atoms with Crippen molar-refractivity contribution in [2.75, 3.05) is 13.7 Å². The SMILES string of the molecule is C=CCCCOc1cc(F)cc(C)c1-c1cccc([C@@H](N)CC(=O)OC)c1.Cl. The molecule has 0 bridgehead atoms. The summed E-state index contributed by atoms with van der Waals surface area (Å²) in [6.07, 6.45) is 3.56. The molecule has 2 aromatic rings. The van der Waals surface area contributed by atoms with Gasteiger partial charge in [-0.3, -0.25) is 4.79 Å². The Bertz CT molecular complexity index is 810. The third kappa shape index (κ3) is 6.36. The standard InChI is InChI=1S/C22H26FNO3.ClH/c1-4-5-6-10-27-20-13-18(23)11-15(2)22(20)17-9-7-8-16(12-17)19(24)14-21(25)26-3;/h4,7-9,11-13,19H,1,5-6,10,14,24H2,2-3H3;1H/t19-;/m0./s1. The molecule has 0 unspecified atom stereocenters. The third-order valence-electron chi connectivity index (χ3n) is 4.29. The first-order valence-corrected chi connectivity index (χ1v) is 8.92. The van der Waals surface area contributed by atoms with E-state index in [-0.39, 0.29) is 30.6 Å². The molecule has 2 rings (SSSR count). The predicted molar refractivity (Wildman–Crippen MR) is 112 cm³/mol. The normalized spacial score (nSPS) is 11.3. The predicted octanol–water partition coefficient (Wildman–Crippen LogP) is 5.13. The van der Waals surface area contributed by atoms with Crippen molar-refractivity contribution in [2.45, 2.75) is 32.2 Å². The maximum absolute atomic E-state index is 13.9. The molecular formula is C22H27ClFNO3. The van der Waals surface area contributed by atoms with Crippen LogP contribution in [0.15, 0.2) is 49.1 Å². The zero-order chi connectivity index (χ0) is 19.8. The molecule has 1 atom stereocenters. The zero-order valence-electron chi connectivity index (χ0n) is 16.2. The van der Waals surface area contributed by atoms with E-state index in [1.54, 1.807) is 0 Å². The second kappa shape index (κ2) is 11.5. The Labute approximate surface area is 171 Å². The largest absolute Gasteiger partial charge is 0.493 e. The highest BCUT2D eigenvalue weighted by molar-refractivity contribution is 5.85. The van der Waals surface area contributed by atoms with Crippen LogP contribution in [0.2, 0.25) is 0 Å². The van der Waals surface area contributed by atoms with Crippen molar-refractivity contribution in [2.24, 2.45) is 5.73 Å². The van der Waals surface area contributed by atoms with Crippen molar-refractivity contribution < 1.29 is 18.7 Å². The Morgan fingerprint density at radius 2 is 2.07 bits per heavy atom. The molecule has 2 aromatic carbocycles. The number of rotatable bonds is 9. The second-order valence-electron chi connectivity index (χ2n) is 6.39. The van der Waals surface area contributed by atoms with E-state index in [0.29, 0.717) is 12.4 Å². The lowest BCUT2D eigenvalue weighted by atomic mass is 9.95. The van der Waals surface area contributed by atoms with Crippen LogP contribution in [0.1, 0.15) is 36.4 Å². The number of benzene rings is 2. The van der Waals surface area contributed by atoms with Crippen molar-refractivity contribution in [3.8, 4) is 16.9 Å². The van der Waals surface area contributed by atoms with Crippen molar-refractivity contribution in [3.05, 3.63) is 66.0 Å². The van der Waals surface area contributed by atoms with Gasteiger partial charge in [0.15, 0.2) is 0 Å². The van der Waals surface area contributed by atoms with Crippen LogP contribution in [0, 0.1) is 12.7 Å². The van der Waals surface area contributed by atoms with Gasteiger partial charge in [0.2, 0.25) is 0 Å². The van der Waals surface area contributed by atoms with Crippen molar-refractivity contribution >= 4 is 18.4 Å². The first kappa shape index (κ1) is 23.7. The number of halogens is 2. The van der Waals surface area contributed by atoms with Crippen LogP contribution in [0.25, 0.3) is 11.1 Å². The summed E-state index contributed by atoms with van der Waals surface area (Å²) in [4.78, 5) is 11.5. The average molecular weight is 408 g/mol. The molecule has 152 valence electrons. The van der Waals surface area contributed by atoms with Crippen LogP contribution < -0.4 is 10.5 Å². The van der Waals surface area contributed by atoms with E-state index in [1.807, 2.05) is 37.3 Å². The van der Waals surface area contributed by atoms with Crippen LogP contribution >= 0.6 is 12.4 Å². The first-order valence-electron chi connectivity index (χ1n) is 8.92. The maximum Gasteiger partial charge on any atom is 0.307 e. The Balaban J connectivity index is 0.00000392. The van der Waals surface area contributed by atoms with E-state index < -0.39 is 6.04 Å². The molecule has 0 heterocycles. The fraction of sp³-hybridized carbons (Fsp3) is 0.318. The van der Waals surface area contributed by atoms with Crippen LogP contribution in [0.4, 0.5) is 4.39 Å². The van der Waals surface area contributed by atoms with Crippen molar-refractivity contribution in [1.82, 2.24) is 0 Å². The summed E-state index contributed by atoms with van der Waals surface area (Å²) in [6, 6.07) is 9.96. The Morgan fingerprint density at radius 1 is 1.32 bits per heavy atom. The second-order valence-corrected chi connectivity index (χ2v) is 6.39. The molecule has 2 N–H and O–H groups in total. The molecule has 28 heavy (non-hydrogen) atoms. The summed E-state index contributed by atoms with van der Waals surface area (Å²) in [7, 11) is 1.34. The minimum Gasteiger partial charge on any atom is -0.493 e. The number of carbonyl (C=O) groups excluding carboxylic acids is 1. The number of nitrogens with two attached hydrogens (primary N) is 1. The van der Waals surface area contributed by atoms with Gasteiger partial charge in [-0.2, -0.15) is 0 Å². The molecule has 6 heteroatoms. The fourth-order valence-corrected chi connectivity index (χ4v) is 2.91. The van der Waals surface area contributed by atoms with Crippen LogP contribution in [0.5, 0.6) is 5.75 Å². The molecular weight excluding hydrogens is 381 g/mol. The Kier molecular flexibility index (Phi) is 9.69. The summed E-state index contributed by atoms with van der Waals surface area (Å²) in [5.41, 5.74) is 9.39. The van der Waals surface area contributed by atoms with E-state index >= 15 is 0 Å². The highest BCUT2D eigenvalue weighted by Gasteiger charge is 2.16. The minimum atomic E-state index is -0.477. The van der Waals surface area contributed by atoms with Gasteiger partial charge in [0.05, 0.1) is 20.1 Å². The number of methoxy groups -OCH3 is 1. The molecule has 0 fully saturated rings. The number of ether oxygens (including phenoxy) is 2. The molecule has 0 saturated carbocycles. The van der Waals surface area contributed by atoms with Crippen molar-refractivity contribution in [1.29, 1.82) is 0 Å². The van der Waals surface area contributed by atoms with Gasteiger partial charge in [-0.25, -0.2) is 4.39 Å². The van der Waals surface area contributed by atoms with Crippen LogP contribution in [0.3, 0.4) is 0 Å². The molecule has 0 radical (unpaired) electrons. The highest BCUT2D eigenvalue weighted by Crippen LogP contribution is 2.35. The van der Waals surface area contributed by atoms with Gasteiger partial charge in [-0.15, -0.1) is 19.0 Å². The van der Waals surface area contributed by atoms with Crippen molar-refractivity contribution in [3.63, 3.8) is 0 Å². The summed E-state index contributed by atoms with van der Waals surface area (Å²) in [6.45, 7) is 6.01. The zero-order valence-corrected chi connectivity index (χ0v) is 17.1. The highest BCUT2D eigenvalue weighted by atomic mass is 35.5. The van der Waals surface area contributed by atoms with Gasteiger partial charge in [0.1, 0.15) is 11.6 Å². The molecule has 0 aliphatic rings. The number of esters is 1. The lowest BCUT2D eigenvalue weighted by molar-refractivity contribution is -0.141. The maximum atomic E-state index is 13.9. The molecule has 0 aromatic heterocycles. The number of hydrogen-bond acceptors (Lipinski definition) is 4. The minimum absolute atomic E-state index is 0. The first-order chi connectivity index (χ1) is 13.0. The van der Waals surface area contributed by atoms with E-state index in [1.165, 1.54) is 19.2 Å². The number of carbonyl (C=O) groups is 1. The molecule has 0 amide bonds. The molecule has 0 spiro atoms. The van der Waals surface area contributed by atoms with Gasteiger partial charge < -0.3 is 15.2 Å². The van der Waals surface area contributed by atoms with Gasteiger partial charge in [0, 0.05) is 17.7 Å². The van der Waals surface area contributed by atoms with E-state index in [9.17, 15) is 9.18 Å². The van der Waals surface area contributed by atoms with Gasteiger partial charge >= 0.3 is 5.97 Å². The summed E-state index contributed by atoms with van der Waals surface area (Å²) < 4.78 is 24.5. The summed E-state index contributed by atoms with van der Waals surface area (Å²) in [5, 5.41) is 0. The number of hydrogen-bond donors (Lipinski definition) is 1. The van der Waals surface area contributed by atoms with Gasteiger partial charge in [-0.05, 0) is 48.6 Å². The molecule has 0 aliphatic carbocycles. The monoisotopic (exact) mass is 407 g/mol.